The Labute approximate surface area is 133 Å². The SMILES string of the molecule is CC(N)Cc1cc(F)ccc1OCc1cccc(Cl)c1Cl. The molecule has 0 aliphatic heterocycles. The summed E-state index contributed by atoms with van der Waals surface area (Å²) in [6, 6.07) is 9.68. The summed E-state index contributed by atoms with van der Waals surface area (Å²) in [5.41, 5.74) is 7.30. The number of rotatable bonds is 5. The molecule has 2 rings (SSSR count). The summed E-state index contributed by atoms with van der Waals surface area (Å²) in [4.78, 5) is 0. The van der Waals surface area contributed by atoms with Crippen LogP contribution in [0.4, 0.5) is 4.39 Å². The van der Waals surface area contributed by atoms with E-state index in [1.54, 1.807) is 18.2 Å². The lowest BCUT2D eigenvalue weighted by atomic mass is 10.1. The standard InChI is InChI=1S/C16H16Cl2FNO/c1-10(20)7-12-8-13(19)5-6-15(12)21-9-11-3-2-4-14(17)16(11)18/h2-6,8,10H,7,9,20H2,1H3. The maximum absolute atomic E-state index is 13.3. The predicted octanol–water partition coefficient (Wildman–Crippen LogP) is 4.60. The highest BCUT2D eigenvalue weighted by molar-refractivity contribution is 6.42. The molecule has 2 aromatic rings. The van der Waals surface area contributed by atoms with Crippen LogP contribution in [0.25, 0.3) is 0 Å². The molecule has 0 aliphatic carbocycles. The number of halogens is 3. The molecule has 0 saturated heterocycles. The van der Waals surface area contributed by atoms with E-state index in [0.29, 0.717) is 22.2 Å². The molecule has 0 saturated carbocycles. The Morgan fingerprint density at radius 1 is 1.19 bits per heavy atom. The summed E-state index contributed by atoms with van der Waals surface area (Å²) in [7, 11) is 0. The van der Waals surface area contributed by atoms with E-state index in [4.69, 9.17) is 33.7 Å². The van der Waals surface area contributed by atoms with Gasteiger partial charge in [0.15, 0.2) is 0 Å². The van der Waals surface area contributed by atoms with Crippen LogP contribution in [0, 0.1) is 5.82 Å². The van der Waals surface area contributed by atoms with Crippen LogP contribution < -0.4 is 10.5 Å². The van der Waals surface area contributed by atoms with Gasteiger partial charge >= 0.3 is 0 Å². The monoisotopic (exact) mass is 327 g/mol. The first-order valence-corrected chi connectivity index (χ1v) is 7.32. The van der Waals surface area contributed by atoms with Crippen LogP contribution in [0.3, 0.4) is 0 Å². The van der Waals surface area contributed by atoms with E-state index in [2.05, 4.69) is 0 Å². The minimum Gasteiger partial charge on any atom is -0.489 e. The van der Waals surface area contributed by atoms with Gasteiger partial charge in [0.05, 0.1) is 10.0 Å². The topological polar surface area (TPSA) is 35.2 Å². The Bertz CT molecular complexity index is 632. The third-order valence-electron chi connectivity index (χ3n) is 2.98. The van der Waals surface area contributed by atoms with E-state index in [1.165, 1.54) is 12.1 Å². The Hall–Kier alpha value is -1.29. The van der Waals surface area contributed by atoms with Crippen molar-refractivity contribution >= 4 is 23.2 Å². The molecule has 0 heterocycles. The van der Waals surface area contributed by atoms with Crippen molar-refractivity contribution in [2.75, 3.05) is 0 Å². The second kappa shape index (κ2) is 7.12. The van der Waals surface area contributed by atoms with Gasteiger partial charge in [0.25, 0.3) is 0 Å². The van der Waals surface area contributed by atoms with Gasteiger partial charge in [-0.3, -0.25) is 0 Å². The van der Waals surface area contributed by atoms with Gasteiger partial charge in [-0.2, -0.15) is 0 Å². The molecule has 5 heteroatoms. The molecule has 2 N–H and O–H groups in total. The van der Waals surface area contributed by atoms with Crippen molar-refractivity contribution in [3.63, 3.8) is 0 Å². The average molecular weight is 328 g/mol. The summed E-state index contributed by atoms with van der Waals surface area (Å²) in [5, 5.41) is 0.947. The van der Waals surface area contributed by atoms with Crippen molar-refractivity contribution in [2.45, 2.75) is 26.0 Å². The van der Waals surface area contributed by atoms with Gasteiger partial charge in [0.1, 0.15) is 18.2 Å². The van der Waals surface area contributed by atoms with Gasteiger partial charge in [0, 0.05) is 11.6 Å². The molecular weight excluding hydrogens is 312 g/mol. The lowest BCUT2D eigenvalue weighted by Crippen LogP contribution is -2.18. The van der Waals surface area contributed by atoms with Crippen LogP contribution in [0.1, 0.15) is 18.1 Å². The molecule has 112 valence electrons. The van der Waals surface area contributed by atoms with Gasteiger partial charge in [-0.1, -0.05) is 35.3 Å². The Morgan fingerprint density at radius 2 is 1.95 bits per heavy atom. The van der Waals surface area contributed by atoms with E-state index in [-0.39, 0.29) is 18.5 Å². The molecular formula is C16H16Cl2FNO. The zero-order valence-electron chi connectivity index (χ0n) is 11.6. The first-order valence-electron chi connectivity index (χ1n) is 6.57. The highest BCUT2D eigenvalue weighted by atomic mass is 35.5. The van der Waals surface area contributed by atoms with Crippen molar-refractivity contribution < 1.29 is 9.13 Å². The van der Waals surface area contributed by atoms with Crippen molar-refractivity contribution in [1.29, 1.82) is 0 Å². The maximum Gasteiger partial charge on any atom is 0.123 e. The molecule has 0 bridgehead atoms. The first kappa shape index (κ1) is 16.1. The zero-order chi connectivity index (χ0) is 15.4. The van der Waals surface area contributed by atoms with Gasteiger partial charge in [0.2, 0.25) is 0 Å². The predicted molar refractivity (Wildman–Crippen MR) is 84.5 cm³/mol. The fourth-order valence-corrected chi connectivity index (χ4v) is 2.39. The molecule has 0 aliphatic rings. The van der Waals surface area contributed by atoms with Gasteiger partial charge in [-0.05, 0) is 43.2 Å². The second-order valence-corrected chi connectivity index (χ2v) is 5.72. The third kappa shape index (κ3) is 4.34. The van der Waals surface area contributed by atoms with Gasteiger partial charge in [-0.15, -0.1) is 0 Å². The molecule has 0 radical (unpaired) electrons. The van der Waals surface area contributed by atoms with Crippen LogP contribution >= 0.6 is 23.2 Å². The molecule has 1 unspecified atom stereocenters. The molecule has 0 spiro atoms. The normalized spacial score (nSPS) is 12.2. The van der Waals surface area contributed by atoms with Crippen LogP contribution in [0.5, 0.6) is 5.75 Å². The first-order chi connectivity index (χ1) is 9.97. The number of nitrogens with two attached hydrogens (primary N) is 1. The maximum atomic E-state index is 13.3. The van der Waals surface area contributed by atoms with Crippen molar-refractivity contribution in [2.24, 2.45) is 5.73 Å². The molecule has 2 aromatic carbocycles. The largest absolute Gasteiger partial charge is 0.489 e. The fourth-order valence-electron chi connectivity index (χ4n) is 2.01. The van der Waals surface area contributed by atoms with E-state index in [0.717, 1.165) is 11.1 Å². The summed E-state index contributed by atoms with van der Waals surface area (Å²) >= 11 is 12.1. The molecule has 21 heavy (non-hydrogen) atoms. The Kier molecular flexibility index (Phi) is 5.45. The molecule has 1 atom stereocenters. The number of benzene rings is 2. The summed E-state index contributed by atoms with van der Waals surface area (Å²) in [5.74, 6) is 0.295. The lowest BCUT2D eigenvalue weighted by Gasteiger charge is -2.14. The number of hydrogen-bond acceptors (Lipinski definition) is 2. The average Bonchev–Trinajstić information content (AvgIpc) is 2.41. The summed E-state index contributed by atoms with van der Waals surface area (Å²) in [6.07, 6.45) is 0.538. The van der Waals surface area contributed by atoms with E-state index in [1.807, 2.05) is 13.0 Å². The number of hydrogen-bond donors (Lipinski definition) is 1. The van der Waals surface area contributed by atoms with E-state index >= 15 is 0 Å². The number of ether oxygens (including phenoxy) is 1. The Balaban J connectivity index is 2.18. The zero-order valence-corrected chi connectivity index (χ0v) is 13.1. The van der Waals surface area contributed by atoms with Crippen LogP contribution in [0.15, 0.2) is 36.4 Å². The van der Waals surface area contributed by atoms with E-state index < -0.39 is 0 Å². The molecule has 0 fully saturated rings. The van der Waals surface area contributed by atoms with Crippen LogP contribution in [-0.4, -0.2) is 6.04 Å². The van der Waals surface area contributed by atoms with Gasteiger partial charge < -0.3 is 10.5 Å². The van der Waals surface area contributed by atoms with E-state index in [9.17, 15) is 4.39 Å². The van der Waals surface area contributed by atoms with Crippen molar-refractivity contribution in [1.82, 2.24) is 0 Å². The highest BCUT2D eigenvalue weighted by Gasteiger charge is 2.10. The summed E-state index contributed by atoms with van der Waals surface area (Å²) < 4.78 is 19.1. The van der Waals surface area contributed by atoms with Crippen LogP contribution in [0.2, 0.25) is 10.0 Å². The smallest absolute Gasteiger partial charge is 0.123 e. The fraction of sp³-hybridized carbons (Fsp3) is 0.250. The van der Waals surface area contributed by atoms with Gasteiger partial charge in [-0.25, -0.2) is 4.39 Å². The van der Waals surface area contributed by atoms with Crippen molar-refractivity contribution in [3.05, 3.63) is 63.4 Å². The second-order valence-electron chi connectivity index (χ2n) is 4.94. The third-order valence-corrected chi connectivity index (χ3v) is 3.84. The Morgan fingerprint density at radius 3 is 2.67 bits per heavy atom. The lowest BCUT2D eigenvalue weighted by molar-refractivity contribution is 0.302. The summed E-state index contributed by atoms with van der Waals surface area (Å²) in [6.45, 7) is 2.12. The minimum absolute atomic E-state index is 0.0797. The molecule has 0 amide bonds. The van der Waals surface area contributed by atoms with Crippen molar-refractivity contribution in [3.8, 4) is 5.75 Å². The van der Waals surface area contributed by atoms with Crippen LogP contribution in [-0.2, 0) is 13.0 Å². The molecule has 0 aromatic heterocycles. The quantitative estimate of drug-likeness (QED) is 0.870. The highest BCUT2D eigenvalue weighted by Crippen LogP contribution is 2.28. The minimum atomic E-state index is -0.307. The molecule has 2 nitrogen and oxygen atoms in total.